The third-order valence-corrected chi connectivity index (χ3v) is 2.64. The van der Waals surface area contributed by atoms with Crippen LogP contribution in [0, 0.1) is 6.92 Å². The molecule has 80 valence electrons. The van der Waals surface area contributed by atoms with Crippen LogP contribution in [0.5, 0.6) is 0 Å². The zero-order valence-electron chi connectivity index (χ0n) is 10.1. The van der Waals surface area contributed by atoms with E-state index in [1.807, 2.05) is 20.8 Å². The fourth-order valence-corrected chi connectivity index (χ4v) is 2.12. The summed E-state index contributed by atoms with van der Waals surface area (Å²) in [4.78, 5) is 0. The Bertz CT molecular complexity index is 527. The highest BCUT2D eigenvalue weighted by atomic mass is 15.0. The van der Waals surface area contributed by atoms with Crippen LogP contribution < -0.4 is 10.7 Å². The minimum atomic E-state index is 0.987. The molecule has 0 atom stereocenters. The van der Waals surface area contributed by atoms with Gasteiger partial charge in [-0.15, -0.1) is 0 Å². The van der Waals surface area contributed by atoms with Crippen LogP contribution >= 0.6 is 0 Å². The molecule has 0 fully saturated rings. The van der Waals surface area contributed by atoms with Gasteiger partial charge in [-0.25, -0.2) is 0 Å². The Balaban J connectivity index is 3.86. The molecule has 0 aliphatic rings. The van der Waals surface area contributed by atoms with E-state index in [0.29, 0.717) is 0 Å². The van der Waals surface area contributed by atoms with Crippen LogP contribution in [0.1, 0.15) is 31.9 Å². The van der Waals surface area contributed by atoms with Gasteiger partial charge >= 0.3 is 0 Å². The lowest BCUT2D eigenvalue weighted by Gasteiger charge is -2.02. The van der Waals surface area contributed by atoms with E-state index in [-0.39, 0.29) is 0 Å². The molecule has 0 saturated heterocycles. The highest BCUT2D eigenvalue weighted by Gasteiger charge is 2.09. The van der Waals surface area contributed by atoms with Crippen molar-refractivity contribution in [1.82, 2.24) is 4.57 Å². The fraction of sp³-hybridized carbons (Fsp3) is 0.286. The summed E-state index contributed by atoms with van der Waals surface area (Å²) in [6, 6.07) is 0. The summed E-state index contributed by atoms with van der Waals surface area (Å²) < 4.78 is 2.08. The first-order valence-electron chi connectivity index (χ1n) is 5.10. The van der Waals surface area contributed by atoms with E-state index in [1.54, 1.807) is 0 Å². The Morgan fingerprint density at radius 3 is 2.07 bits per heavy atom. The maximum atomic E-state index is 4.11. The van der Waals surface area contributed by atoms with Crippen LogP contribution in [0.15, 0.2) is 13.2 Å². The van der Waals surface area contributed by atoms with Gasteiger partial charge in [0.05, 0.1) is 0 Å². The van der Waals surface area contributed by atoms with Gasteiger partial charge in [-0.2, -0.15) is 0 Å². The van der Waals surface area contributed by atoms with E-state index < -0.39 is 0 Å². The summed E-state index contributed by atoms with van der Waals surface area (Å²) in [5.74, 6) is 0. The van der Waals surface area contributed by atoms with E-state index in [0.717, 1.165) is 22.2 Å². The molecular formula is C14H19N. The number of aromatic nitrogens is 1. The van der Waals surface area contributed by atoms with E-state index in [4.69, 9.17) is 0 Å². The van der Waals surface area contributed by atoms with Crippen molar-refractivity contribution in [2.24, 2.45) is 0 Å². The van der Waals surface area contributed by atoms with Crippen LogP contribution in [0.4, 0.5) is 0 Å². The molecule has 15 heavy (non-hydrogen) atoms. The minimum Gasteiger partial charge on any atom is -0.315 e. The second kappa shape index (κ2) is 3.93. The van der Waals surface area contributed by atoms with Crippen molar-refractivity contribution in [1.29, 1.82) is 0 Å². The molecule has 0 saturated carbocycles. The molecule has 1 nitrogen and oxygen atoms in total. The smallest absolute Gasteiger partial charge is 0.0464 e. The normalized spacial score (nSPS) is 11.9. The lowest BCUT2D eigenvalue weighted by molar-refractivity contribution is 1.01. The molecule has 0 spiro atoms. The van der Waals surface area contributed by atoms with E-state index in [2.05, 4.69) is 37.3 Å². The lowest BCUT2D eigenvalue weighted by atomic mass is 10.1. The minimum absolute atomic E-state index is 0.987. The van der Waals surface area contributed by atoms with Crippen LogP contribution in [0.2, 0.25) is 0 Å². The number of hydrogen-bond acceptors (Lipinski definition) is 0. The van der Waals surface area contributed by atoms with Gasteiger partial charge in [-0.3, -0.25) is 0 Å². The first kappa shape index (κ1) is 11.6. The van der Waals surface area contributed by atoms with Gasteiger partial charge in [0.2, 0.25) is 0 Å². The number of rotatable bonds is 2. The van der Waals surface area contributed by atoms with Crippen molar-refractivity contribution < 1.29 is 0 Å². The molecule has 0 aromatic carbocycles. The predicted octanol–water partition coefficient (Wildman–Crippen LogP) is 2.53. The topological polar surface area (TPSA) is 4.93 Å². The molecule has 0 N–H and O–H groups in total. The molecule has 1 heterocycles. The van der Waals surface area contributed by atoms with Gasteiger partial charge < -0.3 is 4.57 Å². The second-order valence-corrected chi connectivity index (χ2v) is 3.97. The van der Waals surface area contributed by atoms with E-state index >= 15 is 0 Å². The lowest BCUT2D eigenvalue weighted by Crippen LogP contribution is -2.24. The van der Waals surface area contributed by atoms with Crippen molar-refractivity contribution >= 4 is 23.9 Å². The molecule has 1 heteroatoms. The van der Waals surface area contributed by atoms with Crippen molar-refractivity contribution in [2.75, 3.05) is 0 Å². The average Bonchev–Trinajstić information content (AvgIpc) is 2.36. The van der Waals surface area contributed by atoms with Crippen molar-refractivity contribution in [3.8, 4) is 0 Å². The van der Waals surface area contributed by atoms with Crippen LogP contribution in [0.3, 0.4) is 0 Å². The van der Waals surface area contributed by atoms with Crippen LogP contribution in [-0.2, 0) is 0 Å². The first-order valence-corrected chi connectivity index (χ1v) is 5.10. The second-order valence-electron chi connectivity index (χ2n) is 3.97. The molecule has 1 aromatic rings. The third-order valence-electron chi connectivity index (χ3n) is 2.64. The molecule has 0 radical (unpaired) electrons. The van der Waals surface area contributed by atoms with Gasteiger partial charge in [0.15, 0.2) is 0 Å². The highest BCUT2D eigenvalue weighted by molar-refractivity contribution is 5.67. The molecule has 0 unspecified atom stereocenters. The quantitative estimate of drug-likeness (QED) is 0.693. The average molecular weight is 201 g/mol. The van der Waals surface area contributed by atoms with Crippen LogP contribution in [0.25, 0.3) is 23.9 Å². The summed E-state index contributed by atoms with van der Waals surface area (Å²) in [5, 5.41) is 2.16. The predicted molar refractivity (Wildman–Crippen MR) is 69.8 cm³/mol. The molecule has 1 rings (SSSR count). The van der Waals surface area contributed by atoms with Crippen molar-refractivity contribution in [3.05, 3.63) is 35.0 Å². The number of hydrogen-bond donors (Lipinski definition) is 0. The van der Waals surface area contributed by atoms with Crippen LogP contribution in [-0.4, -0.2) is 4.57 Å². The van der Waals surface area contributed by atoms with E-state index in [9.17, 15) is 0 Å². The monoisotopic (exact) mass is 201 g/mol. The molecular weight excluding hydrogens is 182 g/mol. The SMILES string of the molecule is C=C(C)c1c(C)/c(=C/C)n(C(=C)C)c1=C. The Morgan fingerprint density at radius 1 is 1.27 bits per heavy atom. The summed E-state index contributed by atoms with van der Waals surface area (Å²) in [6.45, 7) is 20.2. The molecule has 0 aliphatic heterocycles. The Morgan fingerprint density at radius 2 is 1.80 bits per heavy atom. The van der Waals surface area contributed by atoms with Crippen molar-refractivity contribution in [2.45, 2.75) is 27.7 Å². The maximum absolute atomic E-state index is 4.11. The summed E-state index contributed by atoms with van der Waals surface area (Å²) >= 11 is 0. The fourth-order valence-electron chi connectivity index (χ4n) is 2.12. The molecule has 0 amide bonds. The third kappa shape index (κ3) is 1.70. The standard InChI is InChI=1S/C14H19N/c1-8-13-11(6)14(9(2)3)12(7)15(13)10(4)5/h8H,2,4,7H2,1,3,5-6H3/b13-8-. The number of nitrogens with zero attached hydrogens (tertiary/aromatic N) is 1. The van der Waals surface area contributed by atoms with Gasteiger partial charge in [-0.1, -0.05) is 25.8 Å². The van der Waals surface area contributed by atoms with Gasteiger partial charge in [0.25, 0.3) is 0 Å². The maximum Gasteiger partial charge on any atom is 0.0464 e. The summed E-state index contributed by atoms with van der Waals surface area (Å²) in [7, 11) is 0. The largest absolute Gasteiger partial charge is 0.315 e. The Hall–Kier alpha value is -1.50. The Kier molecular flexibility index (Phi) is 3.04. The highest BCUT2D eigenvalue weighted by Crippen LogP contribution is 2.10. The zero-order chi connectivity index (χ0) is 11.7. The van der Waals surface area contributed by atoms with Crippen molar-refractivity contribution in [3.63, 3.8) is 0 Å². The molecule has 0 bridgehead atoms. The molecule has 0 aliphatic carbocycles. The van der Waals surface area contributed by atoms with Gasteiger partial charge in [0.1, 0.15) is 0 Å². The number of allylic oxidation sites excluding steroid dienone is 2. The first-order chi connectivity index (χ1) is 6.91. The van der Waals surface area contributed by atoms with Gasteiger partial charge in [-0.05, 0) is 38.8 Å². The van der Waals surface area contributed by atoms with Gasteiger partial charge in [0, 0.05) is 22.0 Å². The molecule has 1 aromatic heterocycles. The van der Waals surface area contributed by atoms with E-state index in [1.165, 1.54) is 10.9 Å². The Labute approximate surface area is 91.7 Å². The summed E-state index contributed by atoms with van der Waals surface area (Å²) in [5.41, 5.74) is 4.44. The zero-order valence-corrected chi connectivity index (χ0v) is 10.1. The summed E-state index contributed by atoms with van der Waals surface area (Å²) in [6.07, 6.45) is 2.09.